The van der Waals surface area contributed by atoms with Gasteiger partial charge in [0.1, 0.15) is 11.9 Å². The van der Waals surface area contributed by atoms with Crippen LogP contribution in [-0.2, 0) is 12.6 Å². The number of halogens is 3. The molecule has 23 heavy (non-hydrogen) atoms. The number of aliphatic imine (C=N–C) groups is 1. The summed E-state index contributed by atoms with van der Waals surface area (Å²) < 4.78 is 40.1. The Morgan fingerprint density at radius 1 is 0.957 bits per heavy atom. The molecule has 2 nitrogen and oxygen atoms in total. The van der Waals surface area contributed by atoms with Crippen LogP contribution in [0.5, 0.6) is 0 Å². The number of alkyl halides is 3. The van der Waals surface area contributed by atoms with E-state index in [1.54, 1.807) is 6.07 Å². The molecule has 0 spiro atoms. The highest BCUT2D eigenvalue weighted by molar-refractivity contribution is 5.86. The van der Waals surface area contributed by atoms with Gasteiger partial charge in [0.15, 0.2) is 0 Å². The third-order valence-electron chi connectivity index (χ3n) is 4.05. The van der Waals surface area contributed by atoms with Crippen molar-refractivity contribution in [2.24, 2.45) is 4.99 Å². The van der Waals surface area contributed by atoms with Crippen LogP contribution in [0, 0.1) is 0 Å². The first-order chi connectivity index (χ1) is 10.9. The fraction of sp³-hybridized carbons (Fsp3) is 0.278. The molecule has 120 valence electrons. The van der Waals surface area contributed by atoms with E-state index in [0.29, 0.717) is 6.42 Å². The van der Waals surface area contributed by atoms with Crippen molar-refractivity contribution in [1.29, 1.82) is 0 Å². The Labute approximate surface area is 133 Å². The fourth-order valence-corrected chi connectivity index (χ4v) is 2.90. The summed E-state index contributed by atoms with van der Waals surface area (Å²) in [5, 5.41) is 0. The Bertz CT molecular complexity index is 748. The van der Waals surface area contributed by atoms with Crippen molar-refractivity contribution in [2.75, 3.05) is 14.1 Å². The SMILES string of the molecule is CN(C)C1=NC(c2ccccc2C(F)(F)F)c2ccccc2C1. The number of fused-ring (bicyclic) bond motifs is 1. The van der Waals surface area contributed by atoms with Gasteiger partial charge >= 0.3 is 6.18 Å². The van der Waals surface area contributed by atoms with Gasteiger partial charge in [0.25, 0.3) is 0 Å². The number of nitrogens with zero attached hydrogens (tertiary/aromatic N) is 2. The van der Waals surface area contributed by atoms with Crippen molar-refractivity contribution in [2.45, 2.75) is 18.6 Å². The summed E-state index contributed by atoms with van der Waals surface area (Å²) in [6, 6.07) is 12.6. The first-order valence-corrected chi connectivity index (χ1v) is 7.36. The predicted molar refractivity (Wildman–Crippen MR) is 84.6 cm³/mol. The zero-order valence-corrected chi connectivity index (χ0v) is 12.9. The van der Waals surface area contributed by atoms with E-state index in [0.717, 1.165) is 23.0 Å². The fourth-order valence-electron chi connectivity index (χ4n) is 2.90. The molecule has 1 unspecified atom stereocenters. The van der Waals surface area contributed by atoms with Gasteiger partial charge in [-0.3, -0.25) is 4.99 Å². The molecule has 3 rings (SSSR count). The standard InChI is InChI=1S/C18H17F3N2/c1-23(2)16-11-12-7-3-4-8-13(12)17(22-16)14-9-5-6-10-15(14)18(19,20)21/h3-10,17H,11H2,1-2H3. The largest absolute Gasteiger partial charge is 0.416 e. The minimum absolute atomic E-state index is 0.200. The van der Waals surface area contributed by atoms with E-state index in [1.165, 1.54) is 12.1 Å². The highest BCUT2D eigenvalue weighted by Crippen LogP contribution is 2.40. The monoisotopic (exact) mass is 318 g/mol. The van der Waals surface area contributed by atoms with Crippen LogP contribution in [0.25, 0.3) is 0 Å². The quantitative estimate of drug-likeness (QED) is 0.765. The van der Waals surface area contributed by atoms with Gasteiger partial charge in [-0.2, -0.15) is 13.2 Å². The number of benzene rings is 2. The van der Waals surface area contributed by atoms with Crippen LogP contribution in [0.3, 0.4) is 0 Å². The molecule has 2 aromatic carbocycles. The van der Waals surface area contributed by atoms with E-state index in [1.807, 2.05) is 43.3 Å². The summed E-state index contributed by atoms with van der Waals surface area (Å²) in [6.45, 7) is 0. The lowest BCUT2D eigenvalue weighted by atomic mass is 9.88. The summed E-state index contributed by atoms with van der Waals surface area (Å²) in [6.07, 6.45) is -3.76. The van der Waals surface area contributed by atoms with Gasteiger partial charge < -0.3 is 4.90 Å². The van der Waals surface area contributed by atoms with Crippen LogP contribution in [0.2, 0.25) is 0 Å². The number of amidine groups is 1. The second-order valence-electron chi connectivity index (χ2n) is 5.80. The van der Waals surface area contributed by atoms with Crippen molar-refractivity contribution in [1.82, 2.24) is 4.90 Å². The van der Waals surface area contributed by atoms with Crippen LogP contribution in [0.15, 0.2) is 53.5 Å². The van der Waals surface area contributed by atoms with Gasteiger partial charge in [-0.1, -0.05) is 42.5 Å². The molecule has 1 aliphatic rings. The van der Waals surface area contributed by atoms with Crippen molar-refractivity contribution < 1.29 is 13.2 Å². The van der Waals surface area contributed by atoms with Gasteiger partial charge in [0.2, 0.25) is 0 Å². The first kappa shape index (κ1) is 15.6. The van der Waals surface area contributed by atoms with Crippen LogP contribution in [0.1, 0.15) is 28.3 Å². The van der Waals surface area contributed by atoms with Crippen molar-refractivity contribution in [3.05, 3.63) is 70.8 Å². The summed E-state index contributed by atoms with van der Waals surface area (Å²) in [5.74, 6) is 0.783. The smallest absolute Gasteiger partial charge is 0.366 e. The number of hydrogen-bond donors (Lipinski definition) is 0. The van der Waals surface area contributed by atoms with E-state index < -0.39 is 17.8 Å². The third kappa shape index (κ3) is 2.96. The summed E-state index contributed by atoms with van der Waals surface area (Å²) in [5.41, 5.74) is 1.44. The van der Waals surface area contributed by atoms with Gasteiger partial charge in [-0.15, -0.1) is 0 Å². The van der Waals surface area contributed by atoms with Crippen LogP contribution in [-0.4, -0.2) is 24.8 Å². The average Bonchev–Trinajstić information content (AvgIpc) is 2.53. The van der Waals surface area contributed by atoms with Crippen LogP contribution < -0.4 is 0 Å². The van der Waals surface area contributed by atoms with E-state index in [2.05, 4.69) is 4.99 Å². The first-order valence-electron chi connectivity index (χ1n) is 7.36. The summed E-state index contributed by atoms with van der Waals surface area (Å²) in [4.78, 5) is 6.47. The molecule has 1 heterocycles. The Morgan fingerprint density at radius 3 is 2.22 bits per heavy atom. The maximum absolute atomic E-state index is 13.4. The van der Waals surface area contributed by atoms with E-state index in [4.69, 9.17) is 0 Å². The minimum Gasteiger partial charge on any atom is -0.366 e. The molecule has 1 aliphatic heterocycles. The Morgan fingerprint density at radius 2 is 1.57 bits per heavy atom. The molecule has 0 saturated carbocycles. The molecule has 0 N–H and O–H groups in total. The average molecular weight is 318 g/mol. The normalized spacial score (nSPS) is 17.4. The van der Waals surface area contributed by atoms with Gasteiger partial charge in [0.05, 0.1) is 5.56 Å². The second kappa shape index (κ2) is 5.72. The molecule has 0 amide bonds. The van der Waals surface area contributed by atoms with Crippen molar-refractivity contribution in [3.63, 3.8) is 0 Å². The van der Waals surface area contributed by atoms with E-state index in [9.17, 15) is 13.2 Å². The second-order valence-corrected chi connectivity index (χ2v) is 5.80. The van der Waals surface area contributed by atoms with E-state index >= 15 is 0 Å². The van der Waals surface area contributed by atoms with Gasteiger partial charge in [-0.05, 0) is 22.8 Å². The molecule has 0 fully saturated rings. The molecule has 0 bridgehead atoms. The van der Waals surface area contributed by atoms with E-state index in [-0.39, 0.29) is 5.56 Å². The van der Waals surface area contributed by atoms with Gasteiger partial charge in [0, 0.05) is 20.5 Å². The maximum Gasteiger partial charge on any atom is 0.416 e. The van der Waals surface area contributed by atoms with Crippen LogP contribution >= 0.6 is 0 Å². The highest BCUT2D eigenvalue weighted by Gasteiger charge is 2.36. The number of likely N-dealkylation sites (N-methyl/N-ethyl adjacent to an activating group) is 1. The molecule has 1 atom stereocenters. The third-order valence-corrected chi connectivity index (χ3v) is 4.05. The lowest BCUT2D eigenvalue weighted by Gasteiger charge is -2.29. The molecule has 0 saturated heterocycles. The maximum atomic E-state index is 13.4. The Balaban J connectivity index is 2.19. The Kier molecular flexibility index (Phi) is 3.88. The topological polar surface area (TPSA) is 15.6 Å². The molecule has 5 heteroatoms. The zero-order valence-electron chi connectivity index (χ0n) is 12.9. The lowest BCUT2D eigenvalue weighted by molar-refractivity contribution is -0.138. The lowest BCUT2D eigenvalue weighted by Crippen LogP contribution is -2.29. The summed E-state index contributed by atoms with van der Waals surface area (Å²) >= 11 is 0. The van der Waals surface area contributed by atoms with Crippen molar-refractivity contribution in [3.8, 4) is 0 Å². The molecule has 2 aromatic rings. The highest BCUT2D eigenvalue weighted by atomic mass is 19.4. The molecular weight excluding hydrogens is 301 g/mol. The van der Waals surface area contributed by atoms with Crippen molar-refractivity contribution >= 4 is 5.84 Å². The molecule has 0 radical (unpaired) electrons. The minimum atomic E-state index is -4.39. The molecule has 0 aliphatic carbocycles. The van der Waals surface area contributed by atoms with Crippen LogP contribution in [0.4, 0.5) is 13.2 Å². The number of hydrogen-bond acceptors (Lipinski definition) is 2. The predicted octanol–water partition coefficient (Wildman–Crippen LogP) is 4.31. The number of rotatable bonds is 1. The molecule has 0 aromatic heterocycles. The van der Waals surface area contributed by atoms with Gasteiger partial charge in [-0.25, -0.2) is 0 Å². The Hall–Kier alpha value is -2.30. The summed E-state index contributed by atoms with van der Waals surface area (Å²) in [7, 11) is 3.72. The molecular formula is C18H17F3N2. The zero-order chi connectivity index (χ0) is 16.6.